The monoisotopic (exact) mass is 201 g/mol. The maximum Gasteiger partial charge on any atom is 0.151 e. The quantitative estimate of drug-likeness (QED) is 0.770. The van der Waals surface area contributed by atoms with Crippen LogP contribution >= 0.6 is 0 Å². The van der Waals surface area contributed by atoms with Gasteiger partial charge in [-0.3, -0.25) is 9.97 Å². The SMILES string of the molecule is Cc1cnc(C(N)c2cnccn2)nc1. The van der Waals surface area contributed by atoms with Gasteiger partial charge in [-0.05, 0) is 12.5 Å². The van der Waals surface area contributed by atoms with Gasteiger partial charge in [0.05, 0.1) is 11.9 Å². The summed E-state index contributed by atoms with van der Waals surface area (Å²) in [7, 11) is 0. The van der Waals surface area contributed by atoms with Crippen LogP contribution in [0.1, 0.15) is 23.1 Å². The highest BCUT2D eigenvalue weighted by molar-refractivity contribution is 5.14. The molecule has 2 heterocycles. The van der Waals surface area contributed by atoms with Gasteiger partial charge in [-0.15, -0.1) is 0 Å². The molecule has 5 nitrogen and oxygen atoms in total. The standard InChI is InChI=1S/C10H11N5/c1-7-4-14-10(15-5-7)9(11)8-6-12-2-3-13-8/h2-6,9H,11H2,1H3. The Kier molecular flexibility index (Phi) is 2.64. The van der Waals surface area contributed by atoms with Gasteiger partial charge in [0.2, 0.25) is 0 Å². The molecular formula is C10H11N5. The van der Waals surface area contributed by atoms with Crippen LogP contribution in [-0.2, 0) is 0 Å². The Morgan fingerprint density at radius 3 is 2.40 bits per heavy atom. The van der Waals surface area contributed by atoms with E-state index in [2.05, 4.69) is 19.9 Å². The average molecular weight is 201 g/mol. The second-order valence-corrected chi connectivity index (χ2v) is 3.23. The smallest absolute Gasteiger partial charge is 0.151 e. The second-order valence-electron chi connectivity index (χ2n) is 3.23. The fourth-order valence-corrected chi connectivity index (χ4v) is 1.17. The topological polar surface area (TPSA) is 77.6 Å². The molecule has 0 saturated carbocycles. The molecule has 0 aliphatic heterocycles. The highest BCUT2D eigenvalue weighted by Crippen LogP contribution is 2.11. The highest BCUT2D eigenvalue weighted by Gasteiger charge is 2.12. The molecule has 2 rings (SSSR count). The lowest BCUT2D eigenvalue weighted by atomic mass is 10.2. The molecule has 0 saturated heterocycles. The molecular weight excluding hydrogens is 190 g/mol. The fraction of sp³-hybridized carbons (Fsp3) is 0.200. The molecule has 0 bridgehead atoms. The molecule has 0 amide bonds. The summed E-state index contributed by atoms with van der Waals surface area (Å²) in [4.78, 5) is 16.4. The zero-order valence-electron chi connectivity index (χ0n) is 8.33. The number of rotatable bonds is 2. The Morgan fingerprint density at radius 2 is 1.80 bits per heavy atom. The molecule has 2 N–H and O–H groups in total. The van der Waals surface area contributed by atoms with Crippen LogP contribution in [0.15, 0.2) is 31.0 Å². The van der Waals surface area contributed by atoms with Crippen LogP contribution in [0.2, 0.25) is 0 Å². The number of aromatic nitrogens is 4. The molecule has 15 heavy (non-hydrogen) atoms. The third-order valence-corrected chi connectivity index (χ3v) is 1.98. The summed E-state index contributed by atoms with van der Waals surface area (Å²) in [6.45, 7) is 1.93. The van der Waals surface area contributed by atoms with E-state index in [1.165, 1.54) is 0 Å². The van der Waals surface area contributed by atoms with Crippen molar-refractivity contribution < 1.29 is 0 Å². The number of hydrogen-bond acceptors (Lipinski definition) is 5. The van der Waals surface area contributed by atoms with Crippen LogP contribution in [0.3, 0.4) is 0 Å². The van der Waals surface area contributed by atoms with Crippen molar-refractivity contribution in [3.8, 4) is 0 Å². The average Bonchev–Trinajstić information content (AvgIpc) is 2.30. The first-order valence-electron chi connectivity index (χ1n) is 4.57. The molecule has 5 heteroatoms. The van der Waals surface area contributed by atoms with Crippen LogP contribution in [-0.4, -0.2) is 19.9 Å². The fourth-order valence-electron chi connectivity index (χ4n) is 1.17. The molecule has 0 aromatic carbocycles. The molecule has 0 radical (unpaired) electrons. The van der Waals surface area contributed by atoms with Crippen LogP contribution < -0.4 is 5.73 Å². The van der Waals surface area contributed by atoms with Gasteiger partial charge in [-0.25, -0.2) is 9.97 Å². The Labute approximate surface area is 87.4 Å². The molecule has 1 unspecified atom stereocenters. The molecule has 0 spiro atoms. The van der Waals surface area contributed by atoms with E-state index in [1.807, 2.05) is 6.92 Å². The minimum atomic E-state index is -0.417. The summed E-state index contributed by atoms with van der Waals surface area (Å²) in [5.41, 5.74) is 7.61. The van der Waals surface area contributed by atoms with E-state index in [4.69, 9.17) is 5.73 Å². The van der Waals surface area contributed by atoms with Crippen LogP contribution in [0.4, 0.5) is 0 Å². The maximum atomic E-state index is 5.94. The van der Waals surface area contributed by atoms with E-state index in [1.54, 1.807) is 31.0 Å². The van der Waals surface area contributed by atoms with Crippen molar-refractivity contribution >= 4 is 0 Å². The van der Waals surface area contributed by atoms with Gasteiger partial charge in [0.1, 0.15) is 6.04 Å². The first kappa shape index (κ1) is 9.67. The lowest BCUT2D eigenvalue weighted by Crippen LogP contribution is -2.16. The van der Waals surface area contributed by atoms with Gasteiger partial charge in [0, 0.05) is 24.8 Å². The van der Waals surface area contributed by atoms with Crippen LogP contribution in [0, 0.1) is 6.92 Å². The van der Waals surface area contributed by atoms with Crippen LogP contribution in [0.25, 0.3) is 0 Å². The Bertz CT molecular complexity index is 425. The first-order valence-corrected chi connectivity index (χ1v) is 4.57. The molecule has 0 aliphatic rings. The molecule has 1 atom stereocenters. The Balaban J connectivity index is 2.29. The summed E-state index contributed by atoms with van der Waals surface area (Å²) in [6, 6.07) is -0.417. The number of hydrogen-bond donors (Lipinski definition) is 1. The van der Waals surface area contributed by atoms with Crippen molar-refractivity contribution in [2.24, 2.45) is 5.73 Å². The lowest BCUT2D eigenvalue weighted by molar-refractivity contribution is 0.745. The lowest BCUT2D eigenvalue weighted by Gasteiger charge is -2.08. The van der Waals surface area contributed by atoms with Crippen molar-refractivity contribution in [1.29, 1.82) is 0 Å². The minimum absolute atomic E-state index is 0.417. The van der Waals surface area contributed by atoms with Crippen LogP contribution in [0.5, 0.6) is 0 Å². The van der Waals surface area contributed by atoms with Gasteiger partial charge >= 0.3 is 0 Å². The van der Waals surface area contributed by atoms with E-state index in [-0.39, 0.29) is 0 Å². The van der Waals surface area contributed by atoms with E-state index < -0.39 is 6.04 Å². The van der Waals surface area contributed by atoms with Gasteiger partial charge < -0.3 is 5.73 Å². The third kappa shape index (κ3) is 2.13. The summed E-state index contributed by atoms with van der Waals surface area (Å²) in [6.07, 6.45) is 8.29. The molecule has 76 valence electrons. The minimum Gasteiger partial charge on any atom is -0.316 e. The highest BCUT2D eigenvalue weighted by atomic mass is 14.9. The van der Waals surface area contributed by atoms with Gasteiger partial charge in [-0.2, -0.15) is 0 Å². The third-order valence-electron chi connectivity index (χ3n) is 1.98. The summed E-state index contributed by atoms with van der Waals surface area (Å²) < 4.78 is 0. The Hall–Kier alpha value is -1.88. The van der Waals surface area contributed by atoms with Gasteiger partial charge in [0.15, 0.2) is 5.82 Å². The molecule has 2 aromatic rings. The van der Waals surface area contributed by atoms with Crippen molar-refractivity contribution in [1.82, 2.24) is 19.9 Å². The first-order chi connectivity index (χ1) is 7.27. The summed E-state index contributed by atoms with van der Waals surface area (Å²) in [5.74, 6) is 0.557. The van der Waals surface area contributed by atoms with Crippen molar-refractivity contribution in [2.45, 2.75) is 13.0 Å². The van der Waals surface area contributed by atoms with Crippen molar-refractivity contribution in [2.75, 3.05) is 0 Å². The summed E-state index contributed by atoms with van der Waals surface area (Å²) in [5, 5.41) is 0. The molecule has 2 aromatic heterocycles. The predicted molar refractivity (Wildman–Crippen MR) is 54.8 cm³/mol. The number of nitrogens with zero attached hydrogens (tertiary/aromatic N) is 4. The zero-order chi connectivity index (χ0) is 10.7. The van der Waals surface area contributed by atoms with E-state index in [9.17, 15) is 0 Å². The number of nitrogens with two attached hydrogens (primary N) is 1. The summed E-state index contributed by atoms with van der Waals surface area (Å²) >= 11 is 0. The van der Waals surface area contributed by atoms with E-state index in [0.29, 0.717) is 11.5 Å². The molecule has 0 fully saturated rings. The zero-order valence-corrected chi connectivity index (χ0v) is 8.33. The molecule has 0 aliphatic carbocycles. The van der Waals surface area contributed by atoms with E-state index >= 15 is 0 Å². The van der Waals surface area contributed by atoms with Crippen molar-refractivity contribution in [3.63, 3.8) is 0 Å². The van der Waals surface area contributed by atoms with Crippen molar-refractivity contribution in [3.05, 3.63) is 48.1 Å². The predicted octanol–water partition coefficient (Wildman–Crippen LogP) is 0.623. The van der Waals surface area contributed by atoms with Gasteiger partial charge in [0.25, 0.3) is 0 Å². The number of aryl methyl sites for hydroxylation is 1. The van der Waals surface area contributed by atoms with E-state index in [0.717, 1.165) is 5.56 Å². The largest absolute Gasteiger partial charge is 0.316 e. The second kappa shape index (κ2) is 4.10. The van der Waals surface area contributed by atoms with Gasteiger partial charge in [-0.1, -0.05) is 0 Å². The normalized spacial score (nSPS) is 12.4. The maximum absolute atomic E-state index is 5.94. The Morgan fingerprint density at radius 1 is 1.07 bits per heavy atom.